The van der Waals surface area contributed by atoms with E-state index < -0.39 is 11.3 Å². The summed E-state index contributed by atoms with van der Waals surface area (Å²) in [4.78, 5) is 47.7. The Balaban J connectivity index is 1.69. The van der Waals surface area contributed by atoms with Crippen molar-refractivity contribution in [1.29, 1.82) is 0 Å². The lowest BCUT2D eigenvalue weighted by molar-refractivity contribution is -0.122. The van der Waals surface area contributed by atoms with Crippen LogP contribution in [0.5, 0.6) is 11.5 Å². The topological polar surface area (TPSA) is 184 Å². The second kappa shape index (κ2) is 13.0. The van der Waals surface area contributed by atoms with Crippen molar-refractivity contribution in [2.24, 2.45) is 10.2 Å². The Morgan fingerprint density at radius 1 is 0.750 bits per heavy atom. The molecule has 0 aromatic carbocycles. The number of hydrogen-bond acceptors (Lipinski definition) is 10. The Morgan fingerprint density at radius 3 is 1.44 bits per heavy atom. The molecule has 194 valence electrons. The number of rotatable bonds is 11. The molecule has 2 amide bonds. The van der Waals surface area contributed by atoms with Gasteiger partial charge in [-0.05, 0) is 40.5 Å². The summed E-state index contributed by atoms with van der Waals surface area (Å²) in [6.07, 6.45) is 2.94. The van der Waals surface area contributed by atoms with E-state index in [1.807, 2.05) is 0 Å². The smallest absolute Gasteiger partial charge is 0.348 e. The summed E-state index contributed by atoms with van der Waals surface area (Å²) in [5.74, 6) is -0.732. The van der Waals surface area contributed by atoms with Gasteiger partial charge < -0.3 is 19.0 Å². The van der Waals surface area contributed by atoms with Gasteiger partial charge in [-0.3, -0.25) is 9.59 Å². The van der Waals surface area contributed by atoms with Gasteiger partial charge in [-0.15, -0.1) is 0 Å². The van der Waals surface area contributed by atoms with E-state index in [1.165, 1.54) is 39.8 Å². The number of carbonyl (C=O) groups is 2. The van der Waals surface area contributed by atoms with Crippen LogP contribution in [0, 0.1) is 13.8 Å². The molecule has 0 saturated heterocycles. The molecule has 2 rings (SSSR count). The lowest BCUT2D eigenvalue weighted by Gasteiger charge is -2.05. The lowest BCUT2D eigenvalue weighted by atomic mass is 10.1. The Hall–Kier alpha value is -4.22. The van der Waals surface area contributed by atoms with Gasteiger partial charge in [0.15, 0.2) is 0 Å². The molecule has 2 heterocycles. The highest BCUT2D eigenvalue weighted by Gasteiger charge is 2.14. The van der Waals surface area contributed by atoms with Crippen LogP contribution in [-0.2, 0) is 9.59 Å². The molecule has 0 aliphatic rings. The molecule has 0 fully saturated rings. The summed E-state index contributed by atoms with van der Waals surface area (Å²) in [5, 5.41) is 27.5. The lowest BCUT2D eigenvalue weighted by Crippen LogP contribution is -2.21. The van der Waals surface area contributed by atoms with E-state index in [9.17, 15) is 29.4 Å². The summed E-state index contributed by atoms with van der Waals surface area (Å²) in [5.41, 5.74) is 3.22. The number of carbonyl (C=O) groups excluding carboxylic acids is 2. The van der Waals surface area contributed by atoms with Gasteiger partial charge in [0.25, 0.3) is 0 Å². The summed E-state index contributed by atoms with van der Waals surface area (Å²) >= 11 is 0. The van der Waals surface area contributed by atoms with Crippen LogP contribution < -0.4 is 22.1 Å². The average molecular weight is 503 g/mol. The first-order chi connectivity index (χ1) is 17.0. The van der Waals surface area contributed by atoms with E-state index in [0.29, 0.717) is 25.7 Å². The van der Waals surface area contributed by atoms with Crippen molar-refractivity contribution in [2.75, 3.05) is 0 Å². The number of hydrogen-bond donors (Lipinski definition) is 4. The fraction of sp³-hybridized carbons (Fsp3) is 0.417. The minimum atomic E-state index is -0.744. The maximum absolute atomic E-state index is 12.0. The third-order valence-electron chi connectivity index (χ3n) is 5.09. The third-order valence-corrected chi connectivity index (χ3v) is 5.09. The number of hydrazone groups is 2. The van der Waals surface area contributed by atoms with Crippen molar-refractivity contribution >= 4 is 23.2 Å². The monoisotopic (exact) mass is 502 g/mol. The summed E-state index contributed by atoms with van der Waals surface area (Å²) < 4.78 is 9.85. The van der Waals surface area contributed by atoms with Gasteiger partial charge in [0.1, 0.15) is 34.1 Å². The van der Waals surface area contributed by atoms with Crippen LogP contribution in [0.1, 0.15) is 75.0 Å². The van der Waals surface area contributed by atoms with Gasteiger partial charge in [0.05, 0.1) is 11.4 Å². The van der Waals surface area contributed by atoms with Gasteiger partial charge in [0, 0.05) is 25.0 Å². The van der Waals surface area contributed by atoms with E-state index in [-0.39, 0.29) is 70.2 Å². The molecule has 12 heteroatoms. The second-order valence-corrected chi connectivity index (χ2v) is 8.19. The summed E-state index contributed by atoms with van der Waals surface area (Å²) in [7, 11) is 0. The highest BCUT2D eigenvalue weighted by Crippen LogP contribution is 2.16. The normalized spacial score (nSPS) is 11.9. The second-order valence-electron chi connectivity index (χ2n) is 8.19. The van der Waals surface area contributed by atoms with Crippen LogP contribution in [0.2, 0.25) is 0 Å². The van der Waals surface area contributed by atoms with Crippen molar-refractivity contribution in [2.45, 2.75) is 66.2 Å². The Bertz CT molecular complexity index is 1190. The molecule has 0 radical (unpaired) electrons. The number of aryl methyl sites for hydroxylation is 2. The number of nitrogens with zero attached hydrogens (tertiary/aromatic N) is 2. The molecule has 0 unspecified atom stereocenters. The van der Waals surface area contributed by atoms with Crippen LogP contribution in [0.25, 0.3) is 0 Å². The fourth-order valence-corrected chi connectivity index (χ4v) is 3.30. The highest BCUT2D eigenvalue weighted by atomic mass is 16.4. The summed E-state index contributed by atoms with van der Waals surface area (Å²) in [6, 6.07) is 2.58. The zero-order chi connectivity index (χ0) is 26.8. The molecule has 36 heavy (non-hydrogen) atoms. The molecule has 0 atom stereocenters. The maximum Gasteiger partial charge on any atom is 0.348 e. The Labute approximate surface area is 206 Å². The first-order valence-corrected chi connectivity index (χ1v) is 11.3. The molecular formula is C24H30N4O8. The highest BCUT2D eigenvalue weighted by molar-refractivity contribution is 6.01. The van der Waals surface area contributed by atoms with Crippen LogP contribution in [0.15, 0.2) is 40.8 Å². The van der Waals surface area contributed by atoms with Gasteiger partial charge in [-0.1, -0.05) is 12.8 Å². The van der Waals surface area contributed by atoms with Crippen LogP contribution >= 0.6 is 0 Å². The number of unbranched alkanes of at least 4 members (excludes halogenated alkanes) is 3. The SMILES string of the molecule is C/C(=N\NC(=O)CCCCCCC(=O)N/N=C(\C)c1c(O)cc(C)oc1=O)c1c(O)cc(C)oc1=O. The summed E-state index contributed by atoms with van der Waals surface area (Å²) in [6.45, 7) is 5.99. The van der Waals surface area contributed by atoms with Crippen LogP contribution in [-0.4, -0.2) is 33.5 Å². The van der Waals surface area contributed by atoms with E-state index in [4.69, 9.17) is 8.83 Å². The number of aromatic hydroxyl groups is 2. The van der Waals surface area contributed by atoms with Crippen molar-refractivity contribution in [3.05, 3.63) is 55.6 Å². The number of amides is 2. The van der Waals surface area contributed by atoms with Gasteiger partial charge in [-0.25, -0.2) is 20.4 Å². The molecule has 0 saturated carbocycles. The zero-order valence-corrected chi connectivity index (χ0v) is 20.6. The molecule has 12 nitrogen and oxygen atoms in total. The largest absolute Gasteiger partial charge is 0.507 e. The first kappa shape index (κ1) is 28.0. The molecule has 0 bridgehead atoms. The molecule has 0 spiro atoms. The zero-order valence-electron chi connectivity index (χ0n) is 20.6. The van der Waals surface area contributed by atoms with Crippen molar-refractivity contribution in [3.8, 4) is 11.5 Å². The van der Waals surface area contributed by atoms with E-state index in [2.05, 4.69) is 21.1 Å². The minimum absolute atomic E-state index is 0.113. The van der Waals surface area contributed by atoms with Crippen LogP contribution in [0.4, 0.5) is 0 Å². The van der Waals surface area contributed by atoms with Crippen molar-refractivity contribution in [1.82, 2.24) is 10.9 Å². The molecular weight excluding hydrogens is 472 g/mol. The van der Waals surface area contributed by atoms with Crippen LogP contribution in [0.3, 0.4) is 0 Å². The van der Waals surface area contributed by atoms with E-state index in [0.717, 1.165) is 0 Å². The molecule has 2 aromatic heterocycles. The van der Waals surface area contributed by atoms with E-state index in [1.54, 1.807) is 0 Å². The van der Waals surface area contributed by atoms with Crippen molar-refractivity contribution in [3.63, 3.8) is 0 Å². The molecule has 4 N–H and O–H groups in total. The van der Waals surface area contributed by atoms with Gasteiger partial charge >= 0.3 is 11.3 Å². The fourth-order valence-electron chi connectivity index (χ4n) is 3.30. The molecule has 2 aromatic rings. The predicted octanol–water partition coefficient (Wildman–Crippen LogP) is 2.34. The quantitative estimate of drug-likeness (QED) is 0.205. The Morgan fingerprint density at radius 2 is 1.11 bits per heavy atom. The average Bonchev–Trinajstić information content (AvgIpc) is 2.77. The van der Waals surface area contributed by atoms with E-state index >= 15 is 0 Å². The van der Waals surface area contributed by atoms with Gasteiger partial charge in [-0.2, -0.15) is 10.2 Å². The maximum atomic E-state index is 12.0. The minimum Gasteiger partial charge on any atom is -0.507 e. The van der Waals surface area contributed by atoms with Crippen molar-refractivity contribution < 1.29 is 28.6 Å². The standard InChI is InChI=1S/C24H30N4O8/c1-13-11-17(29)21(23(33)35-13)15(3)25-27-19(31)9-7-5-6-8-10-20(32)28-26-16(4)22-18(30)12-14(2)36-24(22)34/h11-12,29-30H,5-10H2,1-4H3,(H,27,31)(H,28,32)/b25-15+,26-16+. The first-order valence-electron chi connectivity index (χ1n) is 11.3. The van der Waals surface area contributed by atoms with Gasteiger partial charge in [0.2, 0.25) is 11.8 Å². The predicted molar refractivity (Wildman–Crippen MR) is 131 cm³/mol. The number of nitrogens with one attached hydrogen (secondary N) is 2. The third kappa shape index (κ3) is 8.22. The molecule has 0 aliphatic heterocycles. The Kier molecular flexibility index (Phi) is 10.1. The molecule has 0 aliphatic carbocycles.